The molecule has 0 aromatic carbocycles. The second-order valence-corrected chi connectivity index (χ2v) is 2.01. The Morgan fingerprint density at radius 1 is 1.88 bits per heavy atom. The zero-order valence-electron chi connectivity index (χ0n) is 4.29. The Hall–Kier alpha value is -0.300. The maximum absolute atomic E-state index is 10.2. The van der Waals surface area contributed by atoms with E-state index in [9.17, 15) is 4.79 Å². The lowest BCUT2D eigenvalue weighted by molar-refractivity contribution is 0.122. The minimum absolute atomic E-state index is 0.0347. The molecule has 1 fully saturated rings. The van der Waals surface area contributed by atoms with Crippen molar-refractivity contribution in [2.24, 2.45) is 0 Å². The fourth-order valence-corrected chi connectivity index (χ4v) is 0.714. The van der Waals surface area contributed by atoms with E-state index in [1.54, 1.807) is 0 Å². The van der Waals surface area contributed by atoms with Crippen LogP contribution >= 0.6 is 9.24 Å². The largest absolute Gasteiger partial charge is 0.508 e. The maximum atomic E-state index is 10.2. The minimum atomic E-state index is -0.544. The van der Waals surface area contributed by atoms with E-state index < -0.39 is 6.16 Å². The Morgan fingerprint density at radius 3 is 2.88 bits per heavy atom. The summed E-state index contributed by atoms with van der Waals surface area (Å²) in [5.74, 6) is 0. The number of rotatable bonds is 1. The molecule has 1 saturated heterocycles. The Kier molecular flexibility index (Phi) is 1.69. The highest BCUT2D eigenvalue weighted by Crippen LogP contribution is 2.07. The van der Waals surface area contributed by atoms with Crippen molar-refractivity contribution >= 4 is 15.4 Å². The molecule has 1 rings (SSSR count). The van der Waals surface area contributed by atoms with Crippen molar-refractivity contribution in [1.82, 2.24) is 0 Å². The van der Waals surface area contributed by atoms with Gasteiger partial charge in [0.2, 0.25) is 0 Å². The van der Waals surface area contributed by atoms with Crippen LogP contribution in [-0.2, 0) is 9.47 Å². The predicted molar refractivity (Wildman–Crippen MR) is 30.8 cm³/mol. The van der Waals surface area contributed by atoms with Gasteiger partial charge in [-0.2, -0.15) is 0 Å². The van der Waals surface area contributed by atoms with Crippen LogP contribution in [0.5, 0.6) is 0 Å². The number of cyclic esters (lactones) is 2. The predicted octanol–water partition coefficient (Wildman–Crippen LogP) is 0.397. The van der Waals surface area contributed by atoms with Gasteiger partial charge in [-0.25, -0.2) is 4.79 Å². The van der Waals surface area contributed by atoms with Gasteiger partial charge in [0.1, 0.15) is 12.7 Å². The molecule has 4 heteroatoms. The van der Waals surface area contributed by atoms with Crippen molar-refractivity contribution in [1.29, 1.82) is 0 Å². The molecule has 8 heavy (non-hydrogen) atoms. The summed E-state index contributed by atoms with van der Waals surface area (Å²) in [4.78, 5) is 10.2. The molecule has 3 nitrogen and oxygen atoms in total. The van der Waals surface area contributed by atoms with Gasteiger partial charge in [-0.15, -0.1) is 9.24 Å². The summed E-state index contributed by atoms with van der Waals surface area (Å²) in [6.45, 7) is 0.405. The normalized spacial score (nSPS) is 27.1. The second-order valence-electron chi connectivity index (χ2n) is 1.54. The maximum Gasteiger partial charge on any atom is 0.508 e. The highest BCUT2D eigenvalue weighted by molar-refractivity contribution is 7.16. The molecule has 1 aliphatic heterocycles. The van der Waals surface area contributed by atoms with Crippen molar-refractivity contribution < 1.29 is 14.3 Å². The van der Waals surface area contributed by atoms with E-state index >= 15 is 0 Å². The van der Waals surface area contributed by atoms with Crippen LogP contribution in [-0.4, -0.2) is 25.0 Å². The molecule has 0 saturated carbocycles. The monoisotopic (exact) mass is 134 g/mol. The first-order valence-corrected chi connectivity index (χ1v) is 3.18. The molecule has 0 bridgehead atoms. The smallest absolute Gasteiger partial charge is 0.430 e. The molecule has 0 amide bonds. The zero-order chi connectivity index (χ0) is 5.98. The van der Waals surface area contributed by atoms with E-state index in [4.69, 9.17) is 0 Å². The highest BCUT2D eigenvalue weighted by atomic mass is 31.0. The van der Waals surface area contributed by atoms with E-state index in [1.165, 1.54) is 0 Å². The molecule has 1 aliphatic rings. The van der Waals surface area contributed by atoms with Crippen LogP contribution in [0.1, 0.15) is 0 Å². The van der Waals surface area contributed by atoms with E-state index in [2.05, 4.69) is 18.7 Å². The van der Waals surface area contributed by atoms with Crippen molar-refractivity contribution in [2.75, 3.05) is 12.8 Å². The van der Waals surface area contributed by atoms with E-state index in [-0.39, 0.29) is 6.10 Å². The summed E-state index contributed by atoms with van der Waals surface area (Å²) in [7, 11) is 2.48. The third-order valence-electron chi connectivity index (χ3n) is 0.913. The second kappa shape index (κ2) is 2.31. The average Bonchev–Trinajstić information content (AvgIpc) is 2.14. The van der Waals surface area contributed by atoms with Crippen LogP contribution < -0.4 is 0 Å². The number of ether oxygens (including phenoxy) is 2. The topological polar surface area (TPSA) is 35.5 Å². The third-order valence-corrected chi connectivity index (χ3v) is 1.44. The molecule has 1 heterocycles. The summed E-state index contributed by atoms with van der Waals surface area (Å²) < 4.78 is 9.11. The van der Waals surface area contributed by atoms with Crippen LogP contribution in [0.4, 0.5) is 4.79 Å². The lowest BCUT2D eigenvalue weighted by atomic mass is 10.4. The zero-order valence-corrected chi connectivity index (χ0v) is 5.45. The van der Waals surface area contributed by atoms with E-state index in [0.717, 1.165) is 6.16 Å². The van der Waals surface area contributed by atoms with E-state index in [0.29, 0.717) is 6.61 Å². The number of carbonyl (C=O) groups excluding carboxylic acids is 1. The molecule has 46 valence electrons. The molecule has 0 aromatic heterocycles. The Morgan fingerprint density at radius 2 is 2.62 bits per heavy atom. The fourth-order valence-electron chi connectivity index (χ4n) is 0.481. The summed E-state index contributed by atoms with van der Waals surface area (Å²) in [6, 6.07) is 0. The van der Waals surface area contributed by atoms with E-state index in [1.807, 2.05) is 0 Å². The first-order chi connectivity index (χ1) is 3.83. The molecular weight excluding hydrogens is 127 g/mol. The lowest BCUT2D eigenvalue weighted by Crippen LogP contribution is -2.10. The van der Waals surface area contributed by atoms with Crippen LogP contribution in [0.3, 0.4) is 0 Å². The first-order valence-electron chi connectivity index (χ1n) is 2.36. The summed E-state index contributed by atoms with van der Waals surface area (Å²) in [5, 5.41) is 0. The van der Waals surface area contributed by atoms with Gasteiger partial charge in [-0.3, -0.25) is 0 Å². The van der Waals surface area contributed by atoms with Crippen LogP contribution in [0, 0.1) is 0 Å². The third kappa shape index (κ3) is 1.10. The summed E-state index contributed by atoms with van der Waals surface area (Å²) >= 11 is 0. The molecule has 0 radical (unpaired) electrons. The highest BCUT2D eigenvalue weighted by Gasteiger charge is 2.22. The van der Waals surface area contributed by atoms with Gasteiger partial charge in [0, 0.05) is 6.16 Å². The SMILES string of the molecule is O=C1OCC(CP)O1. The van der Waals surface area contributed by atoms with Crippen molar-refractivity contribution in [2.45, 2.75) is 6.10 Å². The van der Waals surface area contributed by atoms with Crippen molar-refractivity contribution in [3.8, 4) is 0 Å². The lowest BCUT2D eigenvalue weighted by Gasteiger charge is -1.97. The standard InChI is InChI=1S/C4H7O3P/c5-4-6-1-3(2-8)7-4/h3H,1-2,8H2. The van der Waals surface area contributed by atoms with Gasteiger partial charge in [-0.1, -0.05) is 0 Å². The molecular formula is C4H7O3P. The quantitative estimate of drug-likeness (QED) is 0.384. The Labute approximate surface area is 49.5 Å². The van der Waals surface area contributed by atoms with Crippen LogP contribution in [0.25, 0.3) is 0 Å². The number of hydrogen-bond acceptors (Lipinski definition) is 3. The molecule has 0 aliphatic carbocycles. The molecule has 0 spiro atoms. The van der Waals surface area contributed by atoms with Crippen molar-refractivity contribution in [3.05, 3.63) is 0 Å². The van der Waals surface area contributed by atoms with Crippen LogP contribution in [0.15, 0.2) is 0 Å². The van der Waals surface area contributed by atoms with Gasteiger partial charge < -0.3 is 9.47 Å². The molecule has 0 aromatic rings. The van der Waals surface area contributed by atoms with Gasteiger partial charge in [-0.05, 0) is 0 Å². The van der Waals surface area contributed by atoms with Gasteiger partial charge in [0.05, 0.1) is 0 Å². The first kappa shape index (κ1) is 5.83. The molecule has 2 atom stereocenters. The Bertz CT molecular complexity index is 103. The van der Waals surface area contributed by atoms with Crippen molar-refractivity contribution in [3.63, 3.8) is 0 Å². The van der Waals surface area contributed by atoms with Crippen LogP contribution in [0.2, 0.25) is 0 Å². The summed E-state index contributed by atoms with van der Waals surface area (Å²) in [5.41, 5.74) is 0. The molecule has 0 N–H and O–H groups in total. The van der Waals surface area contributed by atoms with Gasteiger partial charge >= 0.3 is 6.16 Å². The Balaban J connectivity index is 2.32. The minimum Gasteiger partial charge on any atom is -0.430 e. The number of hydrogen-bond donors (Lipinski definition) is 0. The van der Waals surface area contributed by atoms with Gasteiger partial charge in [0.15, 0.2) is 0 Å². The van der Waals surface area contributed by atoms with Gasteiger partial charge in [0.25, 0.3) is 0 Å². The number of carbonyl (C=O) groups is 1. The summed E-state index contributed by atoms with van der Waals surface area (Å²) in [6.07, 6.45) is 0.177. The molecule has 2 unspecified atom stereocenters. The fraction of sp³-hybridized carbons (Fsp3) is 0.750. The average molecular weight is 134 g/mol.